The first-order valence-corrected chi connectivity index (χ1v) is 9.55. The maximum atomic E-state index is 12.6. The van der Waals surface area contributed by atoms with Crippen LogP contribution in [0.4, 0.5) is 10.8 Å². The number of rotatable bonds is 3. The molecule has 0 radical (unpaired) electrons. The van der Waals surface area contributed by atoms with E-state index in [4.69, 9.17) is 11.6 Å². The van der Waals surface area contributed by atoms with Gasteiger partial charge in [-0.05, 0) is 43.2 Å². The highest BCUT2D eigenvalue weighted by Gasteiger charge is 2.25. The van der Waals surface area contributed by atoms with Gasteiger partial charge in [0, 0.05) is 29.7 Å². The van der Waals surface area contributed by atoms with Crippen LogP contribution in [0.5, 0.6) is 0 Å². The van der Waals surface area contributed by atoms with E-state index in [-0.39, 0.29) is 11.8 Å². The molecule has 25 heavy (non-hydrogen) atoms. The van der Waals surface area contributed by atoms with E-state index in [1.807, 2.05) is 42.5 Å². The van der Waals surface area contributed by atoms with Crippen molar-refractivity contribution in [2.24, 2.45) is 5.92 Å². The maximum Gasteiger partial charge on any atom is 0.229 e. The molecule has 4 nitrogen and oxygen atoms in total. The highest BCUT2D eigenvalue weighted by Crippen LogP contribution is 2.28. The largest absolute Gasteiger partial charge is 0.371 e. The Balaban J connectivity index is 1.37. The van der Waals surface area contributed by atoms with Crippen LogP contribution in [-0.4, -0.2) is 24.0 Å². The number of hydrogen-bond acceptors (Lipinski definition) is 4. The minimum atomic E-state index is 0.0300. The van der Waals surface area contributed by atoms with Crippen molar-refractivity contribution in [2.75, 3.05) is 23.3 Å². The van der Waals surface area contributed by atoms with Crippen LogP contribution in [0.3, 0.4) is 0 Å². The van der Waals surface area contributed by atoms with Crippen molar-refractivity contribution in [1.29, 1.82) is 0 Å². The van der Waals surface area contributed by atoms with Crippen molar-refractivity contribution >= 4 is 49.9 Å². The molecule has 1 aliphatic rings. The Morgan fingerprint density at radius 1 is 1.16 bits per heavy atom. The van der Waals surface area contributed by atoms with Gasteiger partial charge < -0.3 is 10.2 Å². The number of carbonyl (C=O) groups excluding carboxylic acids is 1. The van der Waals surface area contributed by atoms with Gasteiger partial charge >= 0.3 is 0 Å². The number of aromatic nitrogens is 1. The minimum absolute atomic E-state index is 0.0300. The summed E-state index contributed by atoms with van der Waals surface area (Å²) in [4.78, 5) is 19.3. The van der Waals surface area contributed by atoms with Gasteiger partial charge in [0.05, 0.1) is 10.2 Å². The lowest BCUT2D eigenvalue weighted by Gasteiger charge is -2.32. The summed E-state index contributed by atoms with van der Waals surface area (Å²) in [5.41, 5.74) is 2.05. The number of hydrogen-bond donors (Lipinski definition) is 1. The second kappa shape index (κ2) is 7.02. The van der Waals surface area contributed by atoms with Crippen LogP contribution < -0.4 is 10.2 Å². The van der Waals surface area contributed by atoms with Gasteiger partial charge in [0.1, 0.15) is 0 Å². The molecule has 6 heteroatoms. The number of thiazole rings is 1. The molecule has 1 aliphatic heterocycles. The SMILES string of the molecule is O=C(Nc1nc2ccccc2s1)C1CCN(c2cccc(Cl)c2)CC1. The van der Waals surface area contributed by atoms with E-state index < -0.39 is 0 Å². The quantitative estimate of drug-likeness (QED) is 0.718. The minimum Gasteiger partial charge on any atom is -0.371 e. The molecule has 3 aromatic rings. The average Bonchev–Trinajstić information content (AvgIpc) is 3.04. The fraction of sp³-hybridized carbons (Fsp3) is 0.263. The number of anilines is 2. The number of benzene rings is 2. The first-order valence-electron chi connectivity index (χ1n) is 8.36. The van der Waals surface area contributed by atoms with Crippen molar-refractivity contribution < 1.29 is 4.79 Å². The molecule has 1 N–H and O–H groups in total. The van der Waals surface area contributed by atoms with Crippen molar-refractivity contribution in [3.05, 3.63) is 53.6 Å². The van der Waals surface area contributed by atoms with Crippen LogP contribution in [0.25, 0.3) is 10.2 Å². The summed E-state index contributed by atoms with van der Waals surface area (Å²) in [5, 5.41) is 4.42. The number of halogens is 1. The topological polar surface area (TPSA) is 45.2 Å². The summed E-state index contributed by atoms with van der Waals surface area (Å²) in [6.07, 6.45) is 1.67. The van der Waals surface area contributed by atoms with Gasteiger partial charge in [-0.2, -0.15) is 0 Å². The zero-order valence-electron chi connectivity index (χ0n) is 13.6. The lowest BCUT2D eigenvalue weighted by molar-refractivity contribution is -0.120. The lowest BCUT2D eigenvalue weighted by atomic mass is 9.95. The van der Waals surface area contributed by atoms with Crippen LogP contribution in [0.2, 0.25) is 5.02 Å². The third-order valence-electron chi connectivity index (χ3n) is 4.56. The Morgan fingerprint density at radius 3 is 2.72 bits per heavy atom. The molecule has 1 saturated heterocycles. The number of para-hydroxylation sites is 1. The normalized spacial score (nSPS) is 15.5. The fourth-order valence-corrected chi connectivity index (χ4v) is 4.26. The van der Waals surface area contributed by atoms with E-state index in [1.54, 1.807) is 0 Å². The predicted molar refractivity (Wildman–Crippen MR) is 105 cm³/mol. The molecule has 0 saturated carbocycles. The van der Waals surface area contributed by atoms with Gasteiger partial charge in [0.25, 0.3) is 0 Å². The van der Waals surface area contributed by atoms with E-state index >= 15 is 0 Å². The monoisotopic (exact) mass is 371 g/mol. The maximum absolute atomic E-state index is 12.6. The number of fused-ring (bicyclic) bond motifs is 1. The summed E-state index contributed by atoms with van der Waals surface area (Å²) < 4.78 is 1.09. The lowest BCUT2D eigenvalue weighted by Crippen LogP contribution is -2.38. The van der Waals surface area contributed by atoms with Crippen molar-refractivity contribution in [3.63, 3.8) is 0 Å². The summed E-state index contributed by atoms with van der Waals surface area (Å²) >= 11 is 7.59. The van der Waals surface area contributed by atoms with Gasteiger partial charge in [-0.1, -0.05) is 41.1 Å². The van der Waals surface area contributed by atoms with Crippen molar-refractivity contribution in [3.8, 4) is 0 Å². The van der Waals surface area contributed by atoms with Gasteiger partial charge in [-0.3, -0.25) is 4.79 Å². The Morgan fingerprint density at radius 2 is 1.96 bits per heavy atom. The molecule has 2 heterocycles. The molecule has 4 rings (SSSR count). The second-order valence-electron chi connectivity index (χ2n) is 6.22. The molecule has 0 aliphatic carbocycles. The molecule has 2 aromatic carbocycles. The number of nitrogens with zero attached hydrogens (tertiary/aromatic N) is 2. The Bertz CT molecular complexity index is 869. The van der Waals surface area contributed by atoms with E-state index in [0.29, 0.717) is 5.13 Å². The molecular formula is C19H18ClN3OS. The smallest absolute Gasteiger partial charge is 0.229 e. The second-order valence-corrected chi connectivity index (χ2v) is 7.68. The molecule has 1 aromatic heterocycles. The first kappa shape index (κ1) is 16.4. The number of amides is 1. The van der Waals surface area contributed by atoms with E-state index in [0.717, 1.165) is 46.9 Å². The van der Waals surface area contributed by atoms with Crippen LogP contribution in [-0.2, 0) is 4.79 Å². The highest BCUT2D eigenvalue weighted by molar-refractivity contribution is 7.22. The first-order chi connectivity index (χ1) is 12.2. The summed E-state index contributed by atoms with van der Waals surface area (Å²) in [5.74, 6) is 0.104. The molecule has 128 valence electrons. The number of carbonyl (C=O) groups is 1. The molecule has 0 unspecified atom stereocenters. The van der Waals surface area contributed by atoms with Gasteiger partial charge in [-0.15, -0.1) is 0 Å². The molecule has 0 bridgehead atoms. The van der Waals surface area contributed by atoms with Crippen LogP contribution in [0.1, 0.15) is 12.8 Å². The van der Waals surface area contributed by atoms with Crippen LogP contribution in [0, 0.1) is 5.92 Å². The zero-order valence-corrected chi connectivity index (χ0v) is 15.2. The summed E-state index contributed by atoms with van der Waals surface area (Å²) in [6.45, 7) is 1.72. The van der Waals surface area contributed by atoms with Gasteiger partial charge in [0.15, 0.2) is 5.13 Å². The third-order valence-corrected chi connectivity index (χ3v) is 5.75. The zero-order chi connectivity index (χ0) is 17.2. The van der Waals surface area contributed by atoms with Gasteiger partial charge in [-0.25, -0.2) is 4.98 Å². The Labute approximate surface area is 155 Å². The number of piperidine rings is 1. The number of nitrogens with one attached hydrogen (secondary N) is 1. The summed E-state index contributed by atoms with van der Waals surface area (Å²) in [7, 11) is 0. The van der Waals surface area contributed by atoms with E-state index in [2.05, 4.69) is 21.3 Å². The van der Waals surface area contributed by atoms with E-state index in [9.17, 15) is 4.79 Å². The van der Waals surface area contributed by atoms with Crippen molar-refractivity contribution in [1.82, 2.24) is 4.98 Å². The molecular weight excluding hydrogens is 354 g/mol. The third kappa shape index (κ3) is 3.62. The Hall–Kier alpha value is -2.11. The fourth-order valence-electron chi connectivity index (χ4n) is 3.21. The standard InChI is InChI=1S/C19H18ClN3OS/c20-14-4-3-5-15(12-14)23-10-8-13(9-11-23)18(24)22-19-21-16-6-1-2-7-17(16)25-19/h1-7,12-13H,8-11H2,(H,21,22,24). The highest BCUT2D eigenvalue weighted by atomic mass is 35.5. The van der Waals surface area contributed by atoms with Gasteiger partial charge in [0.2, 0.25) is 5.91 Å². The summed E-state index contributed by atoms with van der Waals surface area (Å²) in [6, 6.07) is 15.8. The average molecular weight is 372 g/mol. The van der Waals surface area contributed by atoms with Crippen LogP contribution in [0.15, 0.2) is 48.5 Å². The molecule has 0 atom stereocenters. The predicted octanol–water partition coefficient (Wildman–Crippen LogP) is 4.80. The molecule has 1 amide bonds. The Kier molecular flexibility index (Phi) is 4.59. The van der Waals surface area contributed by atoms with Crippen molar-refractivity contribution in [2.45, 2.75) is 12.8 Å². The molecule has 0 spiro atoms. The van der Waals surface area contributed by atoms with Crippen LogP contribution >= 0.6 is 22.9 Å². The van der Waals surface area contributed by atoms with E-state index in [1.165, 1.54) is 11.3 Å². The molecule has 1 fully saturated rings.